The summed E-state index contributed by atoms with van der Waals surface area (Å²) in [5, 5.41) is 3.06. The Bertz CT molecular complexity index is 3850. The first kappa shape index (κ1) is 37.0. The molecule has 0 saturated carbocycles. The van der Waals surface area contributed by atoms with Crippen molar-refractivity contribution >= 4 is 54.9 Å². The van der Waals surface area contributed by atoms with Gasteiger partial charge in [0, 0.05) is 39.2 Å². The first-order valence-corrected chi connectivity index (χ1v) is 22.1. The number of fused-ring (bicyclic) bond motifs is 7. The van der Waals surface area contributed by atoms with Gasteiger partial charge in [-0.3, -0.25) is 9.13 Å². The Balaban J connectivity index is 0.983. The summed E-state index contributed by atoms with van der Waals surface area (Å²) in [4.78, 5) is 15.7. The van der Waals surface area contributed by atoms with Gasteiger partial charge in [-0.1, -0.05) is 133 Å². The first-order chi connectivity index (χ1) is 32.2. The number of benzene rings is 8. The van der Waals surface area contributed by atoms with Gasteiger partial charge in [-0.05, 0) is 114 Å². The van der Waals surface area contributed by atoms with Gasteiger partial charge in [-0.2, -0.15) is 0 Å². The van der Waals surface area contributed by atoms with Crippen molar-refractivity contribution in [3.8, 4) is 56.3 Å². The highest BCUT2D eigenvalue weighted by molar-refractivity contribution is 6.19. The van der Waals surface area contributed by atoms with E-state index in [4.69, 9.17) is 19.4 Å². The van der Waals surface area contributed by atoms with Crippen molar-refractivity contribution in [1.29, 1.82) is 0 Å². The molecule has 0 saturated heterocycles. The van der Waals surface area contributed by atoms with Crippen LogP contribution in [0, 0.1) is 0 Å². The number of pyridine rings is 1. The molecule has 13 rings (SSSR count). The molecule has 4 heterocycles. The zero-order valence-electron chi connectivity index (χ0n) is 35.2. The normalized spacial score (nSPS) is 13.8. The van der Waals surface area contributed by atoms with Gasteiger partial charge in [0.2, 0.25) is 0 Å². The number of allylic oxidation sites excluding steroid dienone is 4. The van der Waals surface area contributed by atoms with Crippen LogP contribution < -0.4 is 0 Å². The molecule has 0 radical (unpaired) electrons. The molecule has 0 amide bonds. The lowest BCUT2D eigenvalue weighted by Gasteiger charge is -2.17. The van der Waals surface area contributed by atoms with Crippen LogP contribution in [-0.4, -0.2) is 24.1 Å². The smallest absolute Gasteiger partial charge is 0.147 e. The van der Waals surface area contributed by atoms with Gasteiger partial charge in [-0.15, -0.1) is 0 Å². The fraction of sp³-hybridized carbons (Fsp3) is 0.0339. The van der Waals surface area contributed by atoms with E-state index < -0.39 is 0 Å². The minimum atomic E-state index is 0.195. The molecule has 65 heavy (non-hydrogen) atoms. The fourth-order valence-corrected chi connectivity index (χ4v) is 9.73. The summed E-state index contributed by atoms with van der Waals surface area (Å²) in [6, 6.07) is 68.4. The predicted molar refractivity (Wildman–Crippen MR) is 266 cm³/mol. The van der Waals surface area contributed by atoms with Crippen LogP contribution in [0.2, 0.25) is 0 Å². The Morgan fingerprint density at radius 3 is 1.74 bits per heavy atom. The number of nitrogens with zero attached hydrogens (tertiary/aromatic N) is 5. The summed E-state index contributed by atoms with van der Waals surface area (Å²) in [5.41, 5.74) is 16.2. The Morgan fingerprint density at radius 1 is 0.446 bits per heavy atom. The molecule has 1 aliphatic carbocycles. The number of hydrogen-bond acceptors (Lipinski definition) is 4. The average Bonchev–Trinajstić information content (AvgIpc) is 4.09. The van der Waals surface area contributed by atoms with E-state index in [1.807, 2.05) is 30.3 Å². The molecule has 12 aromatic rings. The molecule has 0 bridgehead atoms. The highest BCUT2D eigenvalue weighted by atomic mass is 16.3. The minimum Gasteiger partial charge on any atom is -0.455 e. The number of para-hydroxylation sites is 6. The Labute approximate surface area is 374 Å². The van der Waals surface area contributed by atoms with E-state index in [0.717, 1.165) is 123 Å². The molecule has 4 aromatic heterocycles. The van der Waals surface area contributed by atoms with Gasteiger partial charge in [0.25, 0.3) is 0 Å². The second-order valence-electron chi connectivity index (χ2n) is 16.7. The van der Waals surface area contributed by atoms with Crippen molar-refractivity contribution in [2.75, 3.05) is 0 Å². The lowest BCUT2D eigenvalue weighted by Crippen LogP contribution is -2.07. The molecule has 0 fully saturated rings. The van der Waals surface area contributed by atoms with Crippen molar-refractivity contribution in [2.24, 2.45) is 0 Å². The van der Waals surface area contributed by atoms with Crippen LogP contribution in [0.4, 0.5) is 0 Å². The van der Waals surface area contributed by atoms with E-state index in [9.17, 15) is 0 Å². The molecule has 0 N–H and O–H groups in total. The van der Waals surface area contributed by atoms with E-state index in [2.05, 4.69) is 197 Å². The largest absolute Gasteiger partial charge is 0.455 e. The fourth-order valence-electron chi connectivity index (χ4n) is 9.73. The second-order valence-corrected chi connectivity index (χ2v) is 16.7. The number of imidazole rings is 2. The molecule has 6 nitrogen and oxygen atoms in total. The maximum atomic E-state index is 6.65. The van der Waals surface area contributed by atoms with Gasteiger partial charge in [0.05, 0.1) is 38.7 Å². The molecular formula is C59H39N5O. The molecule has 1 atom stereocenters. The highest BCUT2D eigenvalue weighted by Gasteiger charge is 2.22. The van der Waals surface area contributed by atoms with Crippen LogP contribution in [0.1, 0.15) is 18.2 Å². The summed E-state index contributed by atoms with van der Waals surface area (Å²) >= 11 is 0. The van der Waals surface area contributed by atoms with E-state index in [0.29, 0.717) is 0 Å². The van der Waals surface area contributed by atoms with Gasteiger partial charge in [0.15, 0.2) is 0 Å². The van der Waals surface area contributed by atoms with Crippen molar-refractivity contribution in [3.05, 3.63) is 224 Å². The lowest BCUT2D eigenvalue weighted by molar-refractivity contribution is 0.672. The second kappa shape index (κ2) is 15.0. The Kier molecular flexibility index (Phi) is 8.56. The first-order valence-electron chi connectivity index (χ1n) is 22.1. The average molecular weight is 834 g/mol. The van der Waals surface area contributed by atoms with Gasteiger partial charge in [-0.25, -0.2) is 15.0 Å². The third kappa shape index (κ3) is 6.21. The molecule has 306 valence electrons. The van der Waals surface area contributed by atoms with Gasteiger partial charge in [0.1, 0.15) is 22.8 Å². The molecule has 1 unspecified atom stereocenters. The Hall–Kier alpha value is -8.61. The van der Waals surface area contributed by atoms with Crippen molar-refractivity contribution in [2.45, 2.75) is 12.3 Å². The summed E-state index contributed by atoms with van der Waals surface area (Å²) in [6.45, 7) is 0. The summed E-state index contributed by atoms with van der Waals surface area (Å²) < 4.78 is 11.2. The van der Waals surface area contributed by atoms with Crippen LogP contribution in [0.15, 0.2) is 223 Å². The molecule has 0 aliphatic heterocycles. The van der Waals surface area contributed by atoms with Crippen LogP contribution in [0.3, 0.4) is 0 Å². The summed E-state index contributed by atoms with van der Waals surface area (Å²) in [5.74, 6) is 2.15. The third-order valence-corrected chi connectivity index (χ3v) is 12.8. The van der Waals surface area contributed by atoms with Crippen molar-refractivity contribution in [1.82, 2.24) is 24.1 Å². The summed E-state index contributed by atoms with van der Waals surface area (Å²) in [7, 11) is 0. The Morgan fingerprint density at radius 2 is 1.03 bits per heavy atom. The van der Waals surface area contributed by atoms with Gasteiger partial charge < -0.3 is 4.42 Å². The van der Waals surface area contributed by atoms with Crippen molar-refractivity contribution in [3.63, 3.8) is 0 Å². The SMILES string of the molecule is C1=CCC(c2nc3ccccc3n2-c2ccc(-c3cc(-c4ccc(-n5c(-c6ccccc6)nc6ccccc65)cc4)cc(-c4nc5ccccc5c5oc6ccccc6c45)c3)cc2)C=C1. The number of hydrogen-bond donors (Lipinski definition) is 0. The maximum Gasteiger partial charge on any atom is 0.147 e. The standard InChI is InChI=1S/C59H39N5O/c1-3-15-40(16-4-1)58-61-50-22-10-12-24-52(50)63(58)45-31-27-38(28-32-45)42-35-43(37-44(36-42)56-55-48-20-8-14-26-54(48)65-57(55)47-19-7-9-21-49(47)60-56)39-29-33-46(34-30-39)64-53-25-13-11-23-51(53)62-59(64)41-17-5-2-6-18-41/h1-17,19-37,41H,18H2. The molecule has 6 heteroatoms. The molecule has 8 aromatic carbocycles. The summed E-state index contributed by atoms with van der Waals surface area (Å²) in [6.07, 6.45) is 9.65. The van der Waals surface area contributed by atoms with Crippen LogP contribution in [-0.2, 0) is 0 Å². The zero-order chi connectivity index (χ0) is 42.8. The molecule has 1 aliphatic rings. The topological polar surface area (TPSA) is 61.7 Å². The molecular weight excluding hydrogens is 795 g/mol. The van der Waals surface area contributed by atoms with E-state index >= 15 is 0 Å². The van der Waals surface area contributed by atoms with Crippen LogP contribution >= 0.6 is 0 Å². The number of furan rings is 1. The van der Waals surface area contributed by atoms with Crippen LogP contribution in [0.25, 0.3) is 111 Å². The van der Waals surface area contributed by atoms with E-state index in [1.54, 1.807) is 0 Å². The quantitative estimate of drug-likeness (QED) is 0.160. The van der Waals surface area contributed by atoms with Crippen LogP contribution in [0.5, 0.6) is 0 Å². The van der Waals surface area contributed by atoms with E-state index in [1.165, 1.54) is 0 Å². The zero-order valence-corrected chi connectivity index (χ0v) is 35.2. The monoisotopic (exact) mass is 833 g/mol. The van der Waals surface area contributed by atoms with Crippen molar-refractivity contribution < 1.29 is 4.42 Å². The van der Waals surface area contributed by atoms with E-state index in [-0.39, 0.29) is 5.92 Å². The molecule has 0 spiro atoms. The van der Waals surface area contributed by atoms with Gasteiger partial charge >= 0.3 is 0 Å². The predicted octanol–water partition coefficient (Wildman–Crippen LogP) is 15.1. The number of aromatic nitrogens is 5. The third-order valence-electron chi connectivity index (χ3n) is 12.8. The highest BCUT2D eigenvalue weighted by Crippen LogP contribution is 2.42. The number of rotatable bonds is 7. The minimum absolute atomic E-state index is 0.195. The lowest BCUT2D eigenvalue weighted by atomic mass is 9.93. The maximum absolute atomic E-state index is 6.65.